The van der Waals surface area contributed by atoms with Crippen molar-refractivity contribution in [3.05, 3.63) is 95.3 Å². The fourth-order valence-corrected chi connectivity index (χ4v) is 4.51. The molecule has 0 spiro atoms. The number of anilines is 2. The van der Waals surface area contributed by atoms with Crippen LogP contribution in [0.3, 0.4) is 0 Å². The number of nitrogens with zero attached hydrogens (tertiary/aromatic N) is 3. The minimum absolute atomic E-state index is 0.0436. The Kier molecular flexibility index (Phi) is 7.48. The quantitative estimate of drug-likeness (QED) is 0.564. The Morgan fingerprint density at radius 2 is 1.59 bits per heavy atom. The van der Waals surface area contributed by atoms with Crippen LogP contribution in [0, 0.1) is 12.7 Å². The number of rotatable bonds is 7. The molecule has 0 aromatic heterocycles. The summed E-state index contributed by atoms with van der Waals surface area (Å²) in [6, 6.07) is 23.0. The molecular weight excluding hydrogens is 427 g/mol. The Morgan fingerprint density at radius 3 is 2.21 bits per heavy atom. The smallest absolute Gasteiger partial charge is 0.251 e. The van der Waals surface area contributed by atoms with Crippen LogP contribution in [0.2, 0.25) is 0 Å². The monoisotopic (exact) mass is 460 g/mol. The van der Waals surface area contributed by atoms with E-state index in [2.05, 4.69) is 44.3 Å². The van der Waals surface area contributed by atoms with E-state index in [4.69, 9.17) is 0 Å². The van der Waals surface area contributed by atoms with Crippen molar-refractivity contribution in [1.29, 1.82) is 0 Å². The summed E-state index contributed by atoms with van der Waals surface area (Å²) >= 11 is 0. The van der Waals surface area contributed by atoms with E-state index in [1.807, 2.05) is 57.4 Å². The standard InChI is InChI=1S/C28H33FN4O/c1-21-6-4-5-7-26(21)28(34)30-20-27(22-8-12-24(13-9-22)31(2)3)33-18-16-32(17-19-33)25-14-10-23(29)11-15-25/h4-15,27H,16-20H2,1-3H3,(H,30,34)/t27-/m1/s1. The molecule has 3 aromatic rings. The van der Waals surface area contributed by atoms with Gasteiger partial charge in [-0.2, -0.15) is 0 Å². The summed E-state index contributed by atoms with van der Waals surface area (Å²) in [5, 5.41) is 3.18. The van der Waals surface area contributed by atoms with Crippen LogP contribution in [0.15, 0.2) is 72.8 Å². The summed E-state index contributed by atoms with van der Waals surface area (Å²) < 4.78 is 13.3. The van der Waals surface area contributed by atoms with Crippen LogP contribution in [0.25, 0.3) is 0 Å². The zero-order chi connectivity index (χ0) is 24.1. The van der Waals surface area contributed by atoms with Crippen LogP contribution in [-0.4, -0.2) is 57.6 Å². The third kappa shape index (κ3) is 5.57. The molecule has 5 nitrogen and oxygen atoms in total. The number of hydrogen-bond donors (Lipinski definition) is 1. The van der Waals surface area contributed by atoms with Crippen LogP contribution in [0.1, 0.15) is 27.5 Å². The maximum Gasteiger partial charge on any atom is 0.251 e. The van der Waals surface area contributed by atoms with E-state index in [0.717, 1.165) is 43.1 Å². The van der Waals surface area contributed by atoms with Crippen LogP contribution in [0.4, 0.5) is 15.8 Å². The van der Waals surface area contributed by atoms with Gasteiger partial charge in [0.25, 0.3) is 5.91 Å². The van der Waals surface area contributed by atoms with Crippen LogP contribution >= 0.6 is 0 Å². The molecule has 6 heteroatoms. The summed E-state index contributed by atoms with van der Waals surface area (Å²) in [4.78, 5) is 19.7. The molecule has 1 aliphatic rings. The van der Waals surface area contributed by atoms with E-state index < -0.39 is 0 Å². The molecule has 34 heavy (non-hydrogen) atoms. The Balaban J connectivity index is 1.49. The highest BCUT2D eigenvalue weighted by Crippen LogP contribution is 2.26. The topological polar surface area (TPSA) is 38.8 Å². The predicted molar refractivity (Wildman–Crippen MR) is 137 cm³/mol. The maximum atomic E-state index is 13.3. The van der Waals surface area contributed by atoms with Crippen molar-refractivity contribution < 1.29 is 9.18 Å². The molecule has 3 aromatic carbocycles. The number of nitrogens with one attached hydrogen (secondary N) is 1. The number of carbonyl (C=O) groups is 1. The lowest BCUT2D eigenvalue weighted by atomic mass is 10.0. The van der Waals surface area contributed by atoms with E-state index in [0.29, 0.717) is 12.1 Å². The number of hydrogen-bond acceptors (Lipinski definition) is 4. The van der Waals surface area contributed by atoms with Gasteiger partial charge in [-0.3, -0.25) is 9.69 Å². The second-order valence-corrected chi connectivity index (χ2v) is 9.03. The van der Waals surface area contributed by atoms with Gasteiger partial charge < -0.3 is 15.1 Å². The van der Waals surface area contributed by atoms with Crippen LogP contribution < -0.4 is 15.1 Å². The molecule has 1 amide bonds. The third-order valence-corrected chi connectivity index (χ3v) is 6.59. The van der Waals surface area contributed by atoms with Gasteiger partial charge in [-0.25, -0.2) is 4.39 Å². The molecule has 0 unspecified atom stereocenters. The van der Waals surface area contributed by atoms with Crippen molar-refractivity contribution in [3.63, 3.8) is 0 Å². The highest BCUT2D eigenvalue weighted by atomic mass is 19.1. The minimum atomic E-state index is -0.215. The molecule has 1 heterocycles. The number of aryl methyl sites for hydroxylation is 1. The number of amides is 1. The van der Waals surface area contributed by atoms with Gasteiger partial charge in [-0.1, -0.05) is 30.3 Å². The molecule has 1 N–H and O–H groups in total. The number of piperazine rings is 1. The highest BCUT2D eigenvalue weighted by Gasteiger charge is 2.26. The van der Waals surface area contributed by atoms with Crippen LogP contribution in [-0.2, 0) is 0 Å². The summed E-state index contributed by atoms with van der Waals surface area (Å²) in [5.74, 6) is -0.258. The van der Waals surface area contributed by atoms with Gasteiger partial charge in [0.05, 0.1) is 6.04 Å². The van der Waals surface area contributed by atoms with Crippen molar-refractivity contribution in [2.45, 2.75) is 13.0 Å². The molecule has 0 aliphatic carbocycles. The fourth-order valence-electron chi connectivity index (χ4n) is 4.51. The Hall–Kier alpha value is -3.38. The molecule has 4 rings (SSSR count). The Labute approximate surface area is 201 Å². The van der Waals surface area contributed by atoms with Gasteiger partial charge in [0, 0.05) is 63.8 Å². The molecule has 1 fully saturated rings. The second-order valence-electron chi connectivity index (χ2n) is 9.03. The summed E-state index contributed by atoms with van der Waals surface area (Å²) in [5.41, 5.74) is 5.06. The van der Waals surface area contributed by atoms with Crippen molar-refractivity contribution in [2.24, 2.45) is 0 Å². The first-order valence-electron chi connectivity index (χ1n) is 11.8. The highest BCUT2D eigenvalue weighted by molar-refractivity contribution is 5.95. The molecule has 1 atom stereocenters. The van der Waals surface area contributed by atoms with E-state index in [1.54, 1.807) is 0 Å². The van der Waals surface area contributed by atoms with E-state index in [-0.39, 0.29) is 17.8 Å². The lowest BCUT2D eigenvalue weighted by Gasteiger charge is -2.40. The van der Waals surface area contributed by atoms with E-state index in [1.165, 1.54) is 17.7 Å². The summed E-state index contributed by atoms with van der Waals surface area (Å²) in [6.07, 6.45) is 0. The largest absolute Gasteiger partial charge is 0.378 e. The third-order valence-electron chi connectivity index (χ3n) is 6.59. The number of carbonyl (C=O) groups excluding carboxylic acids is 1. The van der Waals surface area contributed by atoms with Gasteiger partial charge in [0.2, 0.25) is 0 Å². The number of benzene rings is 3. The van der Waals surface area contributed by atoms with Gasteiger partial charge in [0.15, 0.2) is 0 Å². The molecule has 0 saturated carbocycles. The fraction of sp³-hybridized carbons (Fsp3) is 0.321. The molecular formula is C28H33FN4O. The van der Waals surface area contributed by atoms with Crippen molar-refractivity contribution in [3.8, 4) is 0 Å². The second kappa shape index (κ2) is 10.7. The molecule has 1 aliphatic heterocycles. The SMILES string of the molecule is Cc1ccccc1C(=O)NC[C@H](c1ccc(N(C)C)cc1)N1CCN(c2ccc(F)cc2)CC1. The molecule has 0 bridgehead atoms. The Morgan fingerprint density at radius 1 is 0.941 bits per heavy atom. The van der Waals surface area contributed by atoms with Gasteiger partial charge in [0.1, 0.15) is 5.82 Å². The van der Waals surface area contributed by atoms with Gasteiger partial charge >= 0.3 is 0 Å². The predicted octanol–water partition coefficient (Wildman–Crippen LogP) is 4.49. The van der Waals surface area contributed by atoms with E-state index >= 15 is 0 Å². The minimum Gasteiger partial charge on any atom is -0.378 e. The summed E-state index contributed by atoms with van der Waals surface area (Å²) in [7, 11) is 4.06. The summed E-state index contributed by atoms with van der Waals surface area (Å²) in [6.45, 7) is 5.91. The van der Waals surface area contributed by atoms with Gasteiger partial charge in [-0.15, -0.1) is 0 Å². The van der Waals surface area contributed by atoms with Crippen molar-refractivity contribution in [2.75, 3.05) is 56.6 Å². The zero-order valence-corrected chi connectivity index (χ0v) is 20.2. The first-order valence-corrected chi connectivity index (χ1v) is 11.8. The first-order chi connectivity index (χ1) is 16.4. The lowest BCUT2D eigenvalue weighted by molar-refractivity contribution is 0.0929. The normalized spacial score (nSPS) is 15.1. The van der Waals surface area contributed by atoms with Crippen molar-refractivity contribution in [1.82, 2.24) is 10.2 Å². The molecule has 0 radical (unpaired) electrons. The number of halogens is 1. The zero-order valence-electron chi connectivity index (χ0n) is 20.2. The Bertz CT molecular complexity index is 1090. The first kappa shape index (κ1) is 23.8. The lowest BCUT2D eigenvalue weighted by Crippen LogP contribution is -2.50. The van der Waals surface area contributed by atoms with Crippen LogP contribution in [0.5, 0.6) is 0 Å². The average Bonchev–Trinajstić information content (AvgIpc) is 2.85. The molecule has 178 valence electrons. The molecule has 1 saturated heterocycles. The average molecular weight is 461 g/mol. The van der Waals surface area contributed by atoms with E-state index in [9.17, 15) is 9.18 Å². The van der Waals surface area contributed by atoms with Crippen molar-refractivity contribution >= 4 is 17.3 Å². The van der Waals surface area contributed by atoms with Gasteiger partial charge in [-0.05, 0) is 60.5 Å². The maximum absolute atomic E-state index is 13.3.